The summed E-state index contributed by atoms with van der Waals surface area (Å²) in [5.74, 6) is 0.593. The third-order valence-corrected chi connectivity index (χ3v) is 3.36. The van der Waals surface area contributed by atoms with Crippen LogP contribution in [0, 0.1) is 0 Å². The van der Waals surface area contributed by atoms with Gasteiger partial charge in [0.1, 0.15) is 5.82 Å². The number of pyridine rings is 1. The van der Waals surface area contributed by atoms with Gasteiger partial charge in [-0.2, -0.15) is 0 Å². The van der Waals surface area contributed by atoms with Crippen molar-refractivity contribution in [3.63, 3.8) is 0 Å². The molecule has 2 N–H and O–H groups in total. The summed E-state index contributed by atoms with van der Waals surface area (Å²) in [6, 6.07) is 3.80. The van der Waals surface area contributed by atoms with Crippen LogP contribution in [-0.4, -0.2) is 36.7 Å². The number of anilines is 1. The van der Waals surface area contributed by atoms with Gasteiger partial charge in [0, 0.05) is 25.9 Å². The minimum atomic E-state index is -0.0637. The number of methoxy groups -OCH3 is 1. The first-order chi connectivity index (χ1) is 9.24. The number of nitrogens with one attached hydrogen (secondary N) is 2. The van der Waals surface area contributed by atoms with Crippen molar-refractivity contribution >= 4 is 11.7 Å². The van der Waals surface area contributed by atoms with Crippen LogP contribution in [0.2, 0.25) is 0 Å². The Morgan fingerprint density at radius 3 is 3.00 bits per heavy atom. The standard InChI is InChI=1S/C14H21N3O2/c1-3-6-15-13-12(5-4-7-16-13)14(18)17-10-8-11(9-10)19-2/h4-5,7,10-11H,3,6,8-9H2,1-2H3,(H,15,16)(H,17,18). The lowest BCUT2D eigenvalue weighted by Crippen LogP contribution is -2.47. The van der Waals surface area contributed by atoms with Crippen molar-refractivity contribution < 1.29 is 9.53 Å². The Hall–Kier alpha value is -1.62. The van der Waals surface area contributed by atoms with Gasteiger partial charge in [-0.05, 0) is 31.4 Å². The lowest BCUT2D eigenvalue weighted by molar-refractivity contribution is 0.0176. The molecule has 1 heterocycles. The fraction of sp³-hybridized carbons (Fsp3) is 0.571. The van der Waals surface area contributed by atoms with E-state index >= 15 is 0 Å². The van der Waals surface area contributed by atoms with Crippen LogP contribution in [-0.2, 0) is 4.74 Å². The van der Waals surface area contributed by atoms with Gasteiger partial charge in [-0.15, -0.1) is 0 Å². The van der Waals surface area contributed by atoms with Crippen molar-refractivity contribution in [2.75, 3.05) is 19.0 Å². The van der Waals surface area contributed by atoms with Gasteiger partial charge in [-0.25, -0.2) is 4.98 Å². The summed E-state index contributed by atoms with van der Waals surface area (Å²) < 4.78 is 5.20. The molecule has 1 aliphatic rings. The zero-order valence-electron chi connectivity index (χ0n) is 11.5. The van der Waals surface area contributed by atoms with Gasteiger partial charge < -0.3 is 15.4 Å². The summed E-state index contributed by atoms with van der Waals surface area (Å²) in [6.45, 7) is 2.89. The molecule has 0 bridgehead atoms. The highest BCUT2D eigenvalue weighted by atomic mass is 16.5. The van der Waals surface area contributed by atoms with E-state index in [2.05, 4.69) is 22.5 Å². The third kappa shape index (κ3) is 3.44. The molecule has 1 aliphatic carbocycles. The summed E-state index contributed by atoms with van der Waals surface area (Å²) in [5, 5.41) is 6.19. The molecule has 0 aromatic carbocycles. The highest BCUT2D eigenvalue weighted by Crippen LogP contribution is 2.23. The Labute approximate surface area is 113 Å². The minimum absolute atomic E-state index is 0.0637. The molecule has 19 heavy (non-hydrogen) atoms. The average molecular weight is 263 g/mol. The molecule has 1 fully saturated rings. The quantitative estimate of drug-likeness (QED) is 0.821. The summed E-state index contributed by atoms with van der Waals surface area (Å²) >= 11 is 0. The van der Waals surface area contributed by atoms with E-state index in [1.54, 1.807) is 25.4 Å². The molecule has 5 heteroatoms. The molecular weight excluding hydrogens is 242 g/mol. The molecule has 0 radical (unpaired) electrons. The highest BCUT2D eigenvalue weighted by molar-refractivity contribution is 5.98. The predicted molar refractivity (Wildman–Crippen MR) is 74.3 cm³/mol. The van der Waals surface area contributed by atoms with E-state index in [0.29, 0.717) is 11.4 Å². The number of ether oxygens (including phenoxy) is 1. The van der Waals surface area contributed by atoms with Gasteiger partial charge in [-0.1, -0.05) is 6.92 Å². The number of carbonyl (C=O) groups is 1. The van der Waals surface area contributed by atoms with E-state index in [1.165, 1.54) is 0 Å². The lowest BCUT2D eigenvalue weighted by atomic mass is 9.89. The third-order valence-electron chi connectivity index (χ3n) is 3.36. The summed E-state index contributed by atoms with van der Waals surface area (Å²) in [4.78, 5) is 16.4. The second-order valence-electron chi connectivity index (χ2n) is 4.83. The van der Waals surface area contributed by atoms with Gasteiger partial charge in [0.25, 0.3) is 5.91 Å². The number of amides is 1. The van der Waals surface area contributed by atoms with E-state index in [-0.39, 0.29) is 18.1 Å². The topological polar surface area (TPSA) is 63.2 Å². The number of hydrogen-bond donors (Lipinski definition) is 2. The van der Waals surface area contributed by atoms with Crippen LogP contribution in [0.1, 0.15) is 36.5 Å². The molecule has 104 valence electrons. The maximum Gasteiger partial charge on any atom is 0.255 e. The number of hydrogen-bond acceptors (Lipinski definition) is 4. The van der Waals surface area contributed by atoms with Crippen LogP contribution >= 0.6 is 0 Å². The SMILES string of the molecule is CCCNc1ncccc1C(=O)NC1CC(OC)C1. The normalized spacial score (nSPS) is 21.6. The monoisotopic (exact) mass is 263 g/mol. The minimum Gasteiger partial charge on any atom is -0.381 e. The second-order valence-corrected chi connectivity index (χ2v) is 4.83. The summed E-state index contributed by atoms with van der Waals surface area (Å²) in [5.41, 5.74) is 0.608. The zero-order valence-corrected chi connectivity index (χ0v) is 11.5. The number of rotatable bonds is 6. The number of nitrogens with zero attached hydrogens (tertiary/aromatic N) is 1. The Kier molecular flexibility index (Phi) is 4.74. The summed E-state index contributed by atoms with van der Waals surface area (Å²) in [6.07, 6.45) is 4.76. The molecule has 0 aliphatic heterocycles. The molecule has 1 saturated carbocycles. The van der Waals surface area contributed by atoms with Crippen LogP contribution in [0.4, 0.5) is 5.82 Å². The van der Waals surface area contributed by atoms with Crippen LogP contribution in [0.25, 0.3) is 0 Å². The van der Waals surface area contributed by atoms with E-state index in [1.807, 2.05) is 0 Å². The van der Waals surface area contributed by atoms with Crippen LogP contribution in [0.3, 0.4) is 0 Å². The smallest absolute Gasteiger partial charge is 0.255 e. The fourth-order valence-corrected chi connectivity index (χ4v) is 2.11. The molecule has 0 unspecified atom stereocenters. The molecule has 1 aromatic heterocycles. The van der Waals surface area contributed by atoms with Crippen LogP contribution < -0.4 is 10.6 Å². The molecule has 5 nitrogen and oxygen atoms in total. The number of carbonyl (C=O) groups excluding carboxylic acids is 1. The first-order valence-corrected chi connectivity index (χ1v) is 6.77. The summed E-state index contributed by atoms with van der Waals surface area (Å²) in [7, 11) is 1.70. The Balaban J connectivity index is 1.95. The van der Waals surface area contributed by atoms with E-state index in [4.69, 9.17) is 4.74 Å². The van der Waals surface area contributed by atoms with Crippen molar-refractivity contribution in [3.8, 4) is 0 Å². The van der Waals surface area contributed by atoms with Crippen molar-refractivity contribution in [2.24, 2.45) is 0 Å². The molecule has 0 saturated heterocycles. The average Bonchev–Trinajstić information content (AvgIpc) is 2.40. The highest BCUT2D eigenvalue weighted by Gasteiger charge is 2.30. The Morgan fingerprint density at radius 2 is 2.32 bits per heavy atom. The fourth-order valence-electron chi connectivity index (χ4n) is 2.11. The Bertz CT molecular complexity index is 430. The van der Waals surface area contributed by atoms with Crippen molar-refractivity contribution in [2.45, 2.75) is 38.3 Å². The molecule has 2 rings (SSSR count). The van der Waals surface area contributed by atoms with Crippen molar-refractivity contribution in [3.05, 3.63) is 23.9 Å². The van der Waals surface area contributed by atoms with Gasteiger partial charge in [-0.3, -0.25) is 4.79 Å². The maximum absolute atomic E-state index is 12.2. The first-order valence-electron chi connectivity index (χ1n) is 6.77. The van der Waals surface area contributed by atoms with Crippen LogP contribution in [0.5, 0.6) is 0 Å². The molecule has 0 spiro atoms. The van der Waals surface area contributed by atoms with Gasteiger partial charge in [0.15, 0.2) is 0 Å². The van der Waals surface area contributed by atoms with Gasteiger partial charge >= 0.3 is 0 Å². The van der Waals surface area contributed by atoms with Gasteiger partial charge in [0.05, 0.1) is 11.7 Å². The van der Waals surface area contributed by atoms with E-state index in [0.717, 1.165) is 25.8 Å². The maximum atomic E-state index is 12.2. The largest absolute Gasteiger partial charge is 0.381 e. The molecule has 0 atom stereocenters. The predicted octanol–water partition coefficient (Wildman–Crippen LogP) is 1.81. The van der Waals surface area contributed by atoms with Crippen molar-refractivity contribution in [1.82, 2.24) is 10.3 Å². The van der Waals surface area contributed by atoms with Gasteiger partial charge in [0.2, 0.25) is 0 Å². The van der Waals surface area contributed by atoms with Crippen LogP contribution in [0.15, 0.2) is 18.3 Å². The van der Waals surface area contributed by atoms with E-state index in [9.17, 15) is 4.79 Å². The molecular formula is C14H21N3O2. The Morgan fingerprint density at radius 1 is 1.53 bits per heavy atom. The molecule has 1 amide bonds. The number of aromatic nitrogens is 1. The van der Waals surface area contributed by atoms with E-state index < -0.39 is 0 Å². The first kappa shape index (κ1) is 13.8. The second kappa shape index (κ2) is 6.52. The molecule has 1 aromatic rings. The van der Waals surface area contributed by atoms with Crippen molar-refractivity contribution in [1.29, 1.82) is 0 Å². The lowest BCUT2D eigenvalue weighted by Gasteiger charge is -2.34. The zero-order chi connectivity index (χ0) is 13.7.